The highest BCUT2D eigenvalue weighted by Gasteiger charge is 2.15. The smallest absolute Gasteiger partial charge is 0.227 e. The van der Waals surface area contributed by atoms with Gasteiger partial charge in [-0.1, -0.05) is 12.1 Å². The van der Waals surface area contributed by atoms with E-state index in [4.69, 9.17) is 13.9 Å². The molecule has 118 valence electrons. The topological polar surface area (TPSA) is 51.9 Å². The van der Waals surface area contributed by atoms with Crippen LogP contribution < -0.4 is 4.74 Å². The van der Waals surface area contributed by atoms with Crippen molar-refractivity contribution >= 4 is 5.91 Å². The lowest BCUT2D eigenvalue weighted by Gasteiger charge is -2.22. The summed E-state index contributed by atoms with van der Waals surface area (Å²) in [6.07, 6.45) is 3.59. The molecule has 0 bridgehead atoms. The number of carbonyl (C=O) groups excluding carboxylic acids is 1. The van der Waals surface area contributed by atoms with Gasteiger partial charge in [0.25, 0.3) is 0 Å². The van der Waals surface area contributed by atoms with Crippen LogP contribution in [-0.2, 0) is 22.5 Å². The SMILES string of the molecule is COCCN(Cc1ccoc1)C(=O)Cc1cccc(OC)c1. The molecule has 0 aliphatic heterocycles. The van der Waals surface area contributed by atoms with Crippen molar-refractivity contribution in [2.75, 3.05) is 27.4 Å². The number of hydrogen-bond donors (Lipinski definition) is 0. The Hall–Kier alpha value is -2.27. The Morgan fingerprint density at radius 2 is 2.09 bits per heavy atom. The van der Waals surface area contributed by atoms with E-state index in [1.165, 1.54) is 0 Å². The van der Waals surface area contributed by atoms with Crippen LogP contribution >= 0.6 is 0 Å². The van der Waals surface area contributed by atoms with Crippen molar-refractivity contribution in [3.8, 4) is 5.75 Å². The first-order chi connectivity index (χ1) is 10.7. The summed E-state index contributed by atoms with van der Waals surface area (Å²) in [6.45, 7) is 1.56. The highest BCUT2D eigenvalue weighted by atomic mass is 16.5. The fourth-order valence-electron chi connectivity index (χ4n) is 2.17. The summed E-state index contributed by atoms with van der Waals surface area (Å²) in [5.74, 6) is 0.801. The Morgan fingerprint density at radius 1 is 1.23 bits per heavy atom. The van der Waals surface area contributed by atoms with Gasteiger partial charge in [0.1, 0.15) is 5.75 Å². The number of amides is 1. The van der Waals surface area contributed by atoms with Gasteiger partial charge in [0.2, 0.25) is 5.91 Å². The lowest BCUT2D eigenvalue weighted by molar-refractivity contribution is -0.131. The molecule has 1 heterocycles. The molecule has 5 nitrogen and oxygen atoms in total. The number of ether oxygens (including phenoxy) is 2. The van der Waals surface area contributed by atoms with Gasteiger partial charge < -0.3 is 18.8 Å². The maximum atomic E-state index is 12.5. The third kappa shape index (κ3) is 4.63. The van der Waals surface area contributed by atoms with E-state index in [-0.39, 0.29) is 5.91 Å². The third-order valence-corrected chi connectivity index (χ3v) is 3.36. The van der Waals surface area contributed by atoms with Crippen molar-refractivity contribution in [1.82, 2.24) is 4.90 Å². The van der Waals surface area contributed by atoms with Crippen molar-refractivity contribution < 1.29 is 18.7 Å². The molecule has 0 N–H and O–H groups in total. The summed E-state index contributed by atoms with van der Waals surface area (Å²) in [4.78, 5) is 14.3. The summed E-state index contributed by atoms with van der Waals surface area (Å²) in [7, 11) is 3.24. The molecule has 1 amide bonds. The van der Waals surface area contributed by atoms with Crippen molar-refractivity contribution in [3.63, 3.8) is 0 Å². The number of hydrogen-bond acceptors (Lipinski definition) is 4. The van der Waals surface area contributed by atoms with Gasteiger partial charge in [-0.3, -0.25) is 4.79 Å². The van der Waals surface area contributed by atoms with Crippen LogP contribution in [0.15, 0.2) is 47.3 Å². The van der Waals surface area contributed by atoms with E-state index in [1.54, 1.807) is 31.6 Å². The highest BCUT2D eigenvalue weighted by Crippen LogP contribution is 2.14. The second kappa shape index (κ2) is 8.24. The molecule has 5 heteroatoms. The molecule has 2 aromatic rings. The number of furan rings is 1. The first-order valence-electron chi connectivity index (χ1n) is 7.13. The zero-order chi connectivity index (χ0) is 15.8. The number of benzene rings is 1. The molecule has 0 aliphatic carbocycles. The van der Waals surface area contributed by atoms with Crippen LogP contribution in [0.4, 0.5) is 0 Å². The molecule has 1 aromatic heterocycles. The van der Waals surface area contributed by atoms with Crippen molar-refractivity contribution in [1.29, 1.82) is 0 Å². The van der Waals surface area contributed by atoms with Gasteiger partial charge in [-0.05, 0) is 23.8 Å². The molecule has 0 spiro atoms. The first-order valence-corrected chi connectivity index (χ1v) is 7.13. The van der Waals surface area contributed by atoms with Gasteiger partial charge >= 0.3 is 0 Å². The average molecular weight is 303 g/mol. The minimum atomic E-state index is 0.0477. The molecule has 2 rings (SSSR count). The molecule has 0 atom stereocenters. The molecule has 0 aliphatic rings. The fraction of sp³-hybridized carbons (Fsp3) is 0.353. The van der Waals surface area contributed by atoms with Crippen LogP contribution in [0.3, 0.4) is 0 Å². The quantitative estimate of drug-likeness (QED) is 0.752. The second-order valence-corrected chi connectivity index (χ2v) is 4.97. The zero-order valence-electron chi connectivity index (χ0n) is 13.0. The van der Waals surface area contributed by atoms with Gasteiger partial charge in [0, 0.05) is 25.8 Å². The van der Waals surface area contributed by atoms with Gasteiger partial charge in [-0.2, -0.15) is 0 Å². The molecule has 22 heavy (non-hydrogen) atoms. The van der Waals surface area contributed by atoms with E-state index < -0.39 is 0 Å². The summed E-state index contributed by atoms with van der Waals surface area (Å²) >= 11 is 0. The first kappa shape index (κ1) is 16.1. The standard InChI is InChI=1S/C17H21NO4/c1-20-9-7-18(12-15-6-8-22-13-15)17(19)11-14-4-3-5-16(10-14)21-2/h3-6,8,10,13H,7,9,11-12H2,1-2H3. The summed E-state index contributed by atoms with van der Waals surface area (Å²) in [5.41, 5.74) is 1.90. The lowest BCUT2D eigenvalue weighted by Crippen LogP contribution is -2.34. The summed E-state index contributed by atoms with van der Waals surface area (Å²) < 4.78 is 15.3. The second-order valence-electron chi connectivity index (χ2n) is 4.97. The van der Waals surface area contributed by atoms with Gasteiger partial charge in [-0.25, -0.2) is 0 Å². The molecule has 1 aromatic carbocycles. The molecule has 0 radical (unpaired) electrons. The Labute approximate surface area is 130 Å². The van der Waals surface area contributed by atoms with Crippen molar-refractivity contribution in [2.24, 2.45) is 0 Å². The predicted molar refractivity (Wildman–Crippen MR) is 82.7 cm³/mol. The average Bonchev–Trinajstić information content (AvgIpc) is 3.04. The minimum Gasteiger partial charge on any atom is -0.497 e. The Balaban J connectivity index is 2.03. The Kier molecular flexibility index (Phi) is 6.03. The molecular weight excluding hydrogens is 282 g/mol. The normalized spacial score (nSPS) is 10.5. The monoisotopic (exact) mass is 303 g/mol. The third-order valence-electron chi connectivity index (χ3n) is 3.36. The molecular formula is C17H21NO4. The van der Waals surface area contributed by atoms with Gasteiger partial charge in [0.15, 0.2) is 0 Å². The molecule has 0 saturated heterocycles. The lowest BCUT2D eigenvalue weighted by atomic mass is 10.1. The molecule has 0 saturated carbocycles. The molecule has 0 unspecified atom stereocenters. The largest absolute Gasteiger partial charge is 0.497 e. The number of carbonyl (C=O) groups is 1. The number of nitrogens with zero attached hydrogens (tertiary/aromatic N) is 1. The van der Waals surface area contributed by atoms with Crippen molar-refractivity contribution in [2.45, 2.75) is 13.0 Å². The van der Waals surface area contributed by atoms with E-state index in [9.17, 15) is 4.79 Å². The van der Waals surface area contributed by atoms with Crippen LogP contribution in [0.25, 0.3) is 0 Å². The number of rotatable bonds is 8. The maximum Gasteiger partial charge on any atom is 0.227 e. The molecule has 0 fully saturated rings. The zero-order valence-corrected chi connectivity index (χ0v) is 13.0. The van der Waals surface area contributed by atoms with Gasteiger partial charge in [0.05, 0.1) is 32.7 Å². The van der Waals surface area contributed by atoms with Crippen LogP contribution in [0, 0.1) is 0 Å². The van der Waals surface area contributed by atoms with Crippen LogP contribution in [0.2, 0.25) is 0 Å². The van der Waals surface area contributed by atoms with Gasteiger partial charge in [-0.15, -0.1) is 0 Å². The van der Waals surface area contributed by atoms with E-state index in [1.807, 2.05) is 30.3 Å². The van der Waals surface area contributed by atoms with E-state index >= 15 is 0 Å². The fourth-order valence-corrected chi connectivity index (χ4v) is 2.17. The highest BCUT2D eigenvalue weighted by molar-refractivity contribution is 5.78. The van der Waals surface area contributed by atoms with E-state index in [0.717, 1.165) is 16.9 Å². The van der Waals surface area contributed by atoms with E-state index in [0.29, 0.717) is 26.1 Å². The van der Waals surface area contributed by atoms with E-state index in [2.05, 4.69) is 0 Å². The Morgan fingerprint density at radius 3 is 2.77 bits per heavy atom. The van der Waals surface area contributed by atoms with Crippen LogP contribution in [0.5, 0.6) is 5.75 Å². The minimum absolute atomic E-state index is 0.0477. The summed E-state index contributed by atoms with van der Waals surface area (Å²) in [6, 6.07) is 9.41. The summed E-state index contributed by atoms with van der Waals surface area (Å²) in [5, 5.41) is 0. The van der Waals surface area contributed by atoms with Crippen molar-refractivity contribution in [3.05, 3.63) is 54.0 Å². The maximum absolute atomic E-state index is 12.5. The Bertz CT molecular complexity index is 580. The van der Waals surface area contributed by atoms with Crippen LogP contribution in [0.1, 0.15) is 11.1 Å². The predicted octanol–water partition coefficient (Wildman–Crippen LogP) is 2.51. The number of methoxy groups -OCH3 is 2. The van der Waals surface area contributed by atoms with Crippen LogP contribution in [-0.4, -0.2) is 38.2 Å².